The molecule has 0 aromatic carbocycles. The lowest BCUT2D eigenvalue weighted by Crippen LogP contribution is -2.39. The minimum atomic E-state index is -3.02. The maximum atomic E-state index is 13.0. The van der Waals surface area contributed by atoms with Crippen LogP contribution >= 0.6 is 23.4 Å². The lowest BCUT2D eigenvalue weighted by Gasteiger charge is -2.15. The van der Waals surface area contributed by atoms with E-state index >= 15 is 0 Å². The van der Waals surface area contributed by atoms with E-state index in [0.29, 0.717) is 0 Å². The first-order valence-corrected chi connectivity index (χ1v) is 9.77. The summed E-state index contributed by atoms with van der Waals surface area (Å²) < 4.78 is 67.3. The minimum Gasteiger partial charge on any atom is -0.293 e. The van der Waals surface area contributed by atoms with Crippen molar-refractivity contribution in [1.82, 2.24) is 14.1 Å². The summed E-state index contributed by atoms with van der Waals surface area (Å²) in [5.41, 5.74) is -1.34. The molecule has 1 saturated carbocycles. The third-order valence-electron chi connectivity index (χ3n) is 3.92. The monoisotopic (exact) mass is 441 g/mol. The van der Waals surface area contributed by atoms with Crippen molar-refractivity contribution >= 4 is 50.0 Å². The maximum Gasteiger partial charge on any atom is 0.285 e. The molecule has 2 aromatic heterocycles. The smallest absolute Gasteiger partial charge is 0.285 e. The molecule has 3 N–H and O–H groups in total. The first kappa shape index (κ1) is 20.2. The number of nitrogens with zero attached hydrogens (tertiary/aromatic N) is 2. The van der Waals surface area contributed by atoms with E-state index in [0.717, 1.165) is 0 Å². The predicted molar refractivity (Wildman–Crippen MR) is 95.9 cm³/mol. The van der Waals surface area contributed by atoms with Crippen LogP contribution in [0.4, 0.5) is 17.6 Å². The van der Waals surface area contributed by atoms with Crippen molar-refractivity contribution in [3.63, 3.8) is 0 Å². The van der Waals surface area contributed by atoms with Crippen LogP contribution in [-0.4, -0.2) is 42.1 Å². The quantitative estimate of drug-likeness (QED) is 0.276. The van der Waals surface area contributed by atoms with Crippen molar-refractivity contribution in [3.8, 4) is 0 Å². The Hall–Kier alpha value is -1.50. The molecule has 13 heteroatoms. The first-order valence-electron chi connectivity index (χ1n) is 7.42. The van der Waals surface area contributed by atoms with Crippen molar-refractivity contribution in [2.75, 3.05) is 0 Å². The fourth-order valence-corrected chi connectivity index (χ4v) is 4.35. The highest BCUT2D eigenvalue weighted by atomic mass is 35.5. The second kappa shape index (κ2) is 7.49. The van der Waals surface area contributed by atoms with Gasteiger partial charge >= 0.3 is 0 Å². The highest BCUT2D eigenvalue weighted by molar-refractivity contribution is 8.26. The van der Waals surface area contributed by atoms with E-state index in [-0.39, 0.29) is 45.9 Å². The largest absolute Gasteiger partial charge is 0.293 e. The van der Waals surface area contributed by atoms with Gasteiger partial charge in [0.2, 0.25) is 0 Å². The number of hydrogen-bond acceptors (Lipinski definition) is 5. The van der Waals surface area contributed by atoms with Gasteiger partial charge in [-0.1, -0.05) is 11.6 Å². The summed E-state index contributed by atoms with van der Waals surface area (Å²) in [6, 6.07) is 2.64. The fraction of sp³-hybridized carbons (Fsp3) is 0.357. The van der Waals surface area contributed by atoms with Gasteiger partial charge < -0.3 is 0 Å². The molecule has 1 unspecified atom stereocenters. The number of alkyl halides is 4. The Morgan fingerprint density at radius 1 is 1.33 bits per heavy atom. The van der Waals surface area contributed by atoms with Gasteiger partial charge in [0.25, 0.3) is 12.9 Å². The Morgan fingerprint density at radius 3 is 2.56 bits per heavy atom. The molecule has 27 heavy (non-hydrogen) atoms. The number of hydrogen-bond donors (Lipinski definition) is 3. The molecule has 0 radical (unpaired) electrons. The van der Waals surface area contributed by atoms with Gasteiger partial charge in [0.05, 0.1) is 16.0 Å². The van der Waals surface area contributed by atoms with Crippen LogP contribution in [0.25, 0.3) is 5.52 Å². The molecule has 1 atom stereocenters. The third kappa shape index (κ3) is 4.03. The van der Waals surface area contributed by atoms with E-state index in [2.05, 4.69) is 9.71 Å². The molecule has 0 aliphatic heterocycles. The van der Waals surface area contributed by atoms with Crippen LogP contribution in [0.3, 0.4) is 0 Å². The Morgan fingerprint density at radius 2 is 2.00 bits per heavy atom. The van der Waals surface area contributed by atoms with Gasteiger partial charge in [0.1, 0.15) is 38.2 Å². The van der Waals surface area contributed by atoms with Crippen LogP contribution in [0.15, 0.2) is 23.4 Å². The standard InChI is InChI=1S/C14H12ClF4N5OS2/c15-8-4-6(27(25)23-14(1-2-14)13(18)19)3-7-9(22-5-24(7)8)11(20)26-12(21)10(16)17/h3-5,10,13,20-21,23H,1-2H2. The van der Waals surface area contributed by atoms with E-state index < -0.39 is 39.5 Å². The minimum absolute atomic E-state index is 0.0406. The summed E-state index contributed by atoms with van der Waals surface area (Å²) in [6.45, 7) is 0. The van der Waals surface area contributed by atoms with Gasteiger partial charge in [0.15, 0.2) is 0 Å². The summed E-state index contributed by atoms with van der Waals surface area (Å²) in [5, 5.41) is 13.7. The highest BCUT2D eigenvalue weighted by Gasteiger charge is 2.52. The summed E-state index contributed by atoms with van der Waals surface area (Å²) in [4.78, 5) is 4.02. The number of fused-ring (bicyclic) bond motifs is 1. The van der Waals surface area contributed by atoms with Crippen LogP contribution in [0.2, 0.25) is 5.15 Å². The number of aromatic nitrogens is 2. The predicted octanol–water partition coefficient (Wildman–Crippen LogP) is 3.70. The van der Waals surface area contributed by atoms with E-state index in [1.54, 1.807) is 0 Å². The summed E-state index contributed by atoms with van der Waals surface area (Å²) in [6.07, 6.45) is -4.06. The third-order valence-corrected chi connectivity index (χ3v) is 6.26. The van der Waals surface area contributed by atoms with Gasteiger partial charge in [0, 0.05) is 0 Å². The Labute approximate surface area is 162 Å². The van der Waals surface area contributed by atoms with E-state index in [1.165, 1.54) is 22.9 Å². The molecule has 0 saturated heterocycles. The summed E-state index contributed by atoms with van der Waals surface area (Å²) >= 11 is 6.33. The van der Waals surface area contributed by atoms with E-state index in [9.17, 15) is 21.8 Å². The number of imidazole rings is 1. The molecule has 3 rings (SSSR count). The number of nitrogens with one attached hydrogen (secondary N) is 3. The van der Waals surface area contributed by atoms with Gasteiger partial charge in [-0.05, 0) is 36.7 Å². The molecule has 1 fully saturated rings. The van der Waals surface area contributed by atoms with E-state index in [1.807, 2.05) is 0 Å². The zero-order chi connectivity index (χ0) is 19.9. The normalized spacial score (nSPS) is 16.9. The van der Waals surface area contributed by atoms with Crippen LogP contribution in [0.1, 0.15) is 18.5 Å². The maximum absolute atomic E-state index is 13.0. The molecule has 2 aromatic rings. The van der Waals surface area contributed by atoms with Crippen molar-refractivity contribution in [3.05, 3.63) is 29.3 Å². The Kier molecular flexibility index (Phi) is 5.62. The average Bonchev–Trinajstić information content (AvgIpc) is 3.24. The van der Waals surface area contributed by atoms with Crippen molar-refractivity contribution in [2.24, 2.45) is 0 Å². The van der Waals surface area contributed by atoms with Gasteiger partial charge in [-0.15, -0.1) is 0 Å². The first-order chi connectivity index (χ1) is 12.6. The van der Waals surface area contributed by atoms with Crippen LogP contribution in [0, 0.1) is 10.8 Å². The molecule has 146 valence electrons. The number of rotatable bonds is 6. The van der Waals surface area contributed by atoms with E-state index in [4.69, 9.17) is 22.4 Å². The number of halogens is 5. The second-order valence-corrected chi connectivity index (χ2v) is 8.44. The van der Waals surface area contributed by atoms with Crippen LogP contribution < -0.4 is 4.72 Å². The number of thioether (sulfide) groups is 1. The van der Waals surface area contributed by atoms with Gasteiger partial charge in [-0.2, -0.15) is 0 Å². The molecule has 0 spiro atoms. The molecule has 1 aliphatic rings. The van der Waals surface area contributed by atoms with Gasteiger partial charge in [-0.25, -0.2) is 31.5 Å². The molecule has 6 nitrogen and oxygen atoms in total. The zero-order valence-electron chi connectivity index (χ0n) is 13.3. The molecular weight excluding hydrogens is 430 g/mol. The highest BCUT2D eigenvalue weighted by Crippen LogP contribution is 2.41. The lowest BCUT2D eigenvalue weighted by molar-refractivity contribution is 0.0978. The number of pyridine rings is 1. The Balaban J connectivity index is 1.92. The second-order valence-electron chi connectivity index (χ2n) is 5.79. The van der Waals surface area contributed by atoms with Crippen molar-refractivity contribution in [2.45, 2.75) is 36.1 Å². The van der Waals surface area contributed by atoms with Crippen molar-refractivity contribution in [1.29, 1.82) is 10.8 Å². The Bertz CT molecular complexity index is 947. The topological polar surface area (TPSA) is 94.1 Å². The summed E-state index contributed by atoms with van der Waals surface area (Å²) in [5.74, 6) is 0. The van der Waals surface area contributed by atoms with Crippen LogP contribution in [-0.2, 0) is 11.0 Å². The van der Waals surface area contributed by atoms with Crippen molar-refractivity contribution < 1.29 is 21.8 Å². The molecule has 1 aliphatic carbocycles. The molecule has 0 amide bonds. The van der Waals surface area contributed by atoms with Gasteiger partial charge in [-0.3, -0.25) is 15.2 Å². The molecule has 0 bridgehead atoms. The lowest BCUT2D eigenvalue weighted by atomic mass is 10.3. The summed E-state index contributed by atoms with van der Waals surface area (Å²) in [7, 11) is -2.00. The fourth-order valence-electron chi connectivity index (χ4n) is 2.26. The average molecular weight is 442 g/mol. The molecule has 2 heterocycles. The zero-order valence-corrected chi connectivity index (χ0v) is 15.7. The van der Waals surface area contributed by atoms with Crippen LogP contribution in [0.5, 0.6) is 0 Å². The SMILES string of the molecule is N=C(SC(=N)C(F)F)c1ncn2c(Cl)cc(S(=O)NC3(C(F)F)CC3)cc12. The molecular formula is C14H12ClF4N5OS2.